The van der Waals surface area contributed by atoms with Crippen LogP contribution in [0.4, 0.5) is 0 Å². The van der Waals surface area contributed by atoms with Gasteiger partial charge in [0.2, 0.25) is 0 Å². The Morgan fingerprint density at radius 2 is 2.13 bits per heavy atom. The van der Waals surface area contributed by atoms with Crippen LogP contribution >= 0.6 is 11.6 Å². The minimum atomic E-state index is -1.06. The first-order valence-electron chi connectivity index (χ1n) is 4.43. The number of benzene rings is 1. The number of fused-ring (bicyclic) bond motifs is 1. The van der Waals surface area contributed by atoms with E-state index in [1.807, 2.05) is 0 Å². The molecule has 1 heterocycles. The predicted molar refractivity (Wildman–Crippen MR) is 54.1 cm³/mol. The van der Waals surface area contributed by atoms with Crippen LogP contribution in [-0.2, 0) is 0 Å². The molecule has 2 rings (SSSR count). The van der Waals surface area contributed by atoms with Crippen LogP contribution in [0.3, 0.4) is 0 Å². The van der Waals surface area contributed by atoms with Gasteiger partial charge < -0.3 is 14.6 Å². The summed E-state index contributed by atoms with van der Waals surface area (Å²) < 4.78 is 10.6. The number of hydrogen-bond donors (Lipinski definition) is 1. The maximum Gasteiger partial charge on any atom is 0.339 e. The molecule has 0 saturated heterocycles. The van der Waals surface area contributed by atoms with E-state index in [2.05, 4.69) is 0 Å². The van der Waals surface area contributed by atoms with Crippen LogP contribution in [0.5, 0.6) is 11.5 Å². The first kappa shape index (κ1) is 10.1. The zero-order chi connectivity index (χ0) is 11.0. The second-order valence-electron chi connectivity index (χ2n) is 3.19. The molecule has 1 aliphatic heterocycles. The highest BCUT2D eigenvalue weighted by Gasteiger charge is 2.24. The fourth-order valence-electron chi connectivity index (χ4n) is 1.51. The first-order chi connectivity index (χ1) is 7.11. The van der Waals surface area contributed by atoms with Crippen LogP contribution in [0.1, 0.15) is 15.9 Å². The molecule has 15 heavy (non-hydrogen) atoms. The Balaban J connectivity index is 2.68. The quantitative estimate of drug-likeness (QED) is 0.800. The van der Waals surface area contributed by atoms with Gasteiger partial charge in [0, 0.05) is 11.1 Å². The molecule has 4 nitrogen and oxygen atoms in total. The first-order valence-corrected chi connectivity index (χ1v) is 4.81. The zero-order valence-electron chi connectivity index (χ0n) is 8.04. The van der Waals surface area contributed by atoms with Gasteiger partial charge in [-0.2, -0.15) is 0 Å². The molecular weight excluding hydrogens is 220 g/mol. The van der Waals surface area contributed by atoms with Gasteiger partial charge in [-0.05, 0) is 12.5 Å². The average Bonchev–Trinajstić information content (AvgIpc) is 2.19. The fraction of sp³-hybridized carbons (Fsp3) is 0.300. The second kappa shape index (κ2) is 3.62. The van der Waals surface area contributed by atoms with E-state index in [4.69, 9.17) is 26.2 Å². The standard InChI is InChI=1S/C10H9ClO4/c1-5-6(11)4-7-9(8(5)10(12)13)15-3-2-14-7/h4H,2-3H2,1H3,(H,12,13). The van der Waals surface area contributed by atoms with Gasteiger partial charge in [-0.15, -0.1) is 0 Å². The minimum Gasteiger partial charge on any atom is -0.486 e. The van der Waals surface area contributed by atoms with Gasteiger partial charge in [0.05, 0.1) is 0 Å². The van der Waals surface area contributed by atoms with Crippen LogP contribution < -0.4 is 9.47 Å². The molecule has 0 aromatic heterocycles. The molecule has 5 heteroatoms. The summed E-state index contributed by atoms with van der Waals surface area (Å²) in [4.78, 5) is 11.1. The van der Waals surface area contributed by atoms with E-state index >= 15 is 0 Å². The lowest BCUT2D eigenvalue weighted by molar-refractivity contribution is 0.0685. The Bertz CT molecular complexity index is 428. The van der Waals surface area contributed by atoms with Gasteiger partial charge in [0.25, 0.3) is 0 Å². The average molecular weight is 229 g/mol. The molecule has 0 atom stereocenters. The van der Waals surface area contributed by atoms with Crippen molar-refractivity contribution in [2.24, 2.45) is 0 Å². The van der Waals surface area contributed by atoms with E-state index in [0.29, 0.717) is 29.5 Å². The van der Waals surface area contributed by atoms with Gasteiger partial charge in [-0.3, -0.25) is 0 Å². The summed E-state index contributed by atoms with van der Waals surface area (Å²) in [7, 11) is 0. The Morgan fingerprint density at radius 1 is 1.47 bits per heavy atom. The number of carboxylic acids is 1. The fourth-order valence-corrected chi connectivity index (χ4v) is 1.70. The number of halogens is 1. The second-order valence-corrected chi connectivity index (χ2v) is 3.59. The summed E-state index contributed by atoms with van der Waals surface area (Å²) in [6.07, 6.45) is 0. The smallest absolute Gasteiger partial charge is 0.339 e. The molecule has 0 unspecified atom stereocenters. The Kier molecular flexibility index (Phi) is 2.44. The van der Waals surface area contributed by atoms with Crippen molar-refractivity contribution in [2.45, 2.75) is 6.92 Å². The lowest BCUT2D eigenvalue weighted by Crippen LogP contribution is -2.18. The van der Waals surface area contributed by atoms with Crippen molar-refractivity contribution < 1.29 is 19.4 Å². The van der Waals surface area contributed by atoms with Crippen molar-refractivity contribution in [3.05, 3.63) is 22.2 Å². The van der Waals surface area contributed by atoms with E-state index in [-0.39, 0.29) is 11.3 Å². The summed E-state index contributed by atoms with van der Waals surface area (Å²) in [6, 6.07) is 1.58. The summed E-state index contributed by atoms with van der Waals surface area (Å²) in [5.41, 5.74) is 0.575. The van der Waals surface area contributed by atoms with Crippen molar-refractivity contribution in [1.29, 1.82) is 0 Å². The summed E-state index contributed by atoms with van der Waals surface area (Å²) in [6.45, 7) is 2.41. The van der Waals surface area contributed by atoms with Crippen molar-refractivity contribution in [3.63, 3.8) is 0 Å². The highest BCUT2D eigenvalue weighted by atomic mass is 35.5. The Labute approximate surface area is 91.4 Å². The highest BCUT2D eigenvalue weighted by molar-refractivity contribution is 6.32. The maximum absolute atomic E-state index is 11.1. The molecule has 0 aliphatic carbocycles. The summed E-state index contributed by atoms with van der Waals surface area (Å²) >= 11 is 5.90. The number of carboxylic acid groups (broad SMARTS) is 1. The maximum atomic E-state index is 11.1. The van der Waals surface area contributed by atoms with Crippen molar-refractivity contribution in [1.82, 2.24) is 0 Å². The topological polar surface area (TPSA) is 55.8 Å². The van der Waals surface area contributed by atoms with Gasteiger partial charge in [-0.25, -0.2) is 4.79 Å². The van der Waals surface area contributed by atoms with Crippen LogP contribution in [0, 0.1) is 6.92 Å². The number of rotatable bonds is 1. The molecule has 1 N–H and O–H groups in total. The van der Waals surface area contributed by atoms with Gasteiger partial charge in [-0.1, -0.05) is 11.6 Å². The minimum absolute atomic E-state index is 0.0807. The number of aromatic carboxylic acids is 1. The summed E-state index contributed by atoms with van der Waals surface area (Å²) in [5, 5.41) is 9.42. The number of ether oxygens (including phenoxy) is 2. The third-order valence-electron chi connectivity index (χ3n) is 2.24. The van der Waals surface area contributed by atoms with Crippen molar-refractivity contribution in [3.8, 4) is 11.5 Å². The molecule has 1 aromatic rings. The number of carbonyl (C=O) groups is 1. The number of hydrogen-bond acceptors (Lipinski definition) is 3. The molecule has 0 radical (unpaired) electrons. The van der Waals surface area contributed by atoms with Gasteiger partial charge in [0.15, 0.2) is 11.5 Å². The molecule has 0 fully saturated rings. The zero-order valence-corrected chi connectivity index (χ0v) is 8.80. The normalized spacial score (nSPS) is 13.7. The monoisotopic (exact) mass is 228 g/mol. The van der Waals surface area contributed by atoms with Crippen LogP contribution in [-0.4, -0.2) is 24.3 Å². The van der Waals surface area contributed by atoms with Crippen LogP contribution in [0.2, 0.25) is 5.02 Å². The van der Waals surface area contributed by atoms with Crippen molar-refractivity contribution >= 4 is 17.6 Å². The van der Waals surface area contributed by atoms with E-state index in [1.54, 1.807) is 13.0 Å². The van der Waals surface area contributed by atoms with Gasteiger partial charge >= 0.3 is 5.97 Å². The molecule has 1 aromatic carbocycles. The van der Waals surface area contributed by atoms with E-state index in [1.165, 1.54) is 0 Å². The van der Waals surface area contributed by atoms with E-state index < -0.39 is 5.97 Å². The molecule has 0 saturated carbocycles. The van der Waals surface area contributed by atoms with Gasteiger partial charge in [0.1, 0.15) is 18.8 Å². The molecule has 0 bridgehead atoms. The molecule has 80 valence electrons. The molecule has 0 amide bonds. The third kappa shape index (κ3) is 1.61. The predicted octanol–water partition coefficient (Wildman–Crippen LogP) is 2.12. The lowest BCUT2D eigenvalue weighted by atomic mass is 10.1. The molecule has 0 spiro atoms. The lowest BCUT2D eigenvalue weighted by Gasteiger charge is -2.21. The SMILES string of the molecule is Cc1c(Cl)cc2c(c1C(=O)O)OCCO2. The van der Waals surface area contributed by atoms with Crippen LogP contribution in [0.25, 0.3) is 0 Å². The van der Waals surface area contributed by atoms with E-state index in [9.17, 15) is 4.79 Å². The van der Waals surface area contributed by atoms with Crippen molar-refractivity contribution in [2.75, 3.05) is 13.2 Å². The van der Waals surface area contributed by atoms with Crippen LogP contribution in [0.15, 0.2) is 6.07 Å². The Hall–Kier alpha value is -1.42. The third-order valence-corrected chi connectivity index (χ3v) is 2.64. The van der Waals surface area contributed by atoms with E-state index in [0.717, 1.165) is 0 Å². The molecule has 1 aliphatic rings. The Morgan fingerprint density at radius 3 is 2.80 bits per heavy atom. The highest BCUT2D eigenvalue weighted by Crippen LogP contribution is 2.39. The summed E-state index contributed by atoms with van der Waals surface area (Å²) in [5.74, 6) is -0.387. The largest absolute Gasteiger partial charge is 0.486 e. The molecular formula is C10H9ClO4.